The van der Waals surface area contributed by atoms with Crippen LogP contribution < -0.4 is 5.32 Å². The van der Waals surface area contributed by atoms with Gasteiger partial charge >= 0.3 is 0 Å². The van der Waals surface area contributed by atoms with Crippen LogP contribution in [0.3, 0.4) is 0 Å². The minimum absolute atomic E-state index is 0.0148. The Morgan fingerprint density at radius 3 is 2.48 bits per heavy atom. The van der Waals surface area contributed by atoms with E-state index in [4.69, 9.17) is 0 Å². The van der Waals surface area contributed by atoms with E-state index in [9.17, 15) is 4.79 Å². The van der Waals surface area contributed by atoms with Gasteiger partial charge in [0.05, 0.1) is 0 Å². The first-order valence-corrected chi connectivity index (χ1v) is 9.35. The third kappa shape index (κ3) is 3.87. The van der Waals surface area contributed by atoms with Crippen LogP contribution in [0.4, 0.5) is 5.69 Å². The highest BCUT2D eigenvalue weighted by Gasteiger charge is 2.16. The van der Waals surface area contributed by atoms with Crippen LogP contribution >= 0.6 is 11.3 Å². The molecule has 0 bridgehead atoms. The van der Waals surface area contributed by atoms with Gasteiger partial charge in [-0.05, 0) is 23.0 Å². The van der Waals surface area contributed by atoms with Gasteiger partial charge in [-0.3, -0.25) is 4.79 Å². The molecule has 2 heterocycles. The van der Waals surface area contributed by atoms with E-state index in [2.05, 4.69) is 66.5 Å². The average Bonchev–Trinajstić information content (AvgIpc) is 3.14. The Balaban J connectivity index is 1.72. The van der Waals surface area contributed by atoms with Crippen LogP contribution in [0.25, 0.3) is 4.96 Å². The quantitative estimate of drug-likeness (QED) is 0.723. The molecule has 0 aliphatic carbocycles. The molecular formula is C18H23N5OS. The van der Waals surface area contributed by atoms with Crippen molar-refractivity contribution in [3.05, 3.63) is 40.7 Å². The topological polar surface area (TPSA) is 72.2 Å². The Bertz CT molecular complexity index is 826. The monoisotopic (exact) mass is 357 g/mol. The number of rotatable bonds is 6. The molecule has 1 amide bonds. The van der Waals surface area contributed by atoms with Crippen LogP contribution in [0.1, 0.15) is 62.1 Å². The molecule has 0 radical (unpaired) electrons. The number of aromatic nitrogens is 4. The number of hydrogen-bond donors (Lipinski definition) is 1. The predicted octanol–water partition coefficient (Wildman–Crippen LogP) is 4.00. The van der Waals surface area contributed by atoms with Gasteiger partial charge in [0.25, 0.3) is 0 Å². The lowest BCUT2D eigenvalue weighted by Gasteiger charge is -2.20. The molecule has 3 aromatic rings. The number of nitrogens with zero attached hydrogens (tertiary/aromatic N) is 4. The summed E-state index contributed by atoms with van der Waals surface area (Å²) in [4.78, 5) is 13.3. The Labute approximate surface area is 151 Å². The van der Waals surface area contributed by atoms with Crippen LogP contribution in [0, 0.1) is 0 Å². The van der Waals surface area contributed by atoms with Crippen molar-refractivity contribution >= 4 is 27.9 Å². The summed E-state index contributed by atoms with van der Waals surface area (Å²) in [7, 11) is 0. The Hall–Kier alpha value is -2.28. The second-order valence-electron chi connectivity index (χ2n) is 6.72. The molecule has 0 unspecified atom stereocenters. The normalized spacial score (nSPS) is 11.6. The molecule has 0 spiro atoms. The number of carbonyl (C=O) groups is 1. The third-order valence-corrected chi connectivity index (χ3v) is 5.10. The number of para-hydroxylation sites is 1. The van der Waals surface area contributed by atoms with Gasteiger partial charge in [-0.2, -0.15) is 9.61 Å². The third-order valence-electron chi connectivity index (χ3n) is 4.13. The molecule has 0 aliphatic rings. The van der Waals surface area contributed by atoms with Crippen molar-refractivity contribution in [2.24, 2.45) is 0 Å². The van der Waals surface area contributed by atoms with Crippen molar-refractivity contribution in [1.82, 2.24) is 19.8 Å². The SMILES string of the molecule is CC(C)c1cccc(C(C)C)c1NC(=O)CCc1nn2cnnc2s1. The summed E-state index contributed by atoms with van der Waals surface area (Å²) >= 11 is 1.47. The summed E-state index contributed by atoms with van der Waals surface area (Å²) in [5, 5.41) is 16.2. The lowest BCUT2D eigenvalue weighted by Crippen LogP contribution is -2.16. The number of nitrogens with one attached hydrogen (secondary N) is 1. The van der Waals surface area contributed by atoms with Gasteiger partial charge in [0, 0.05) is 18.5 Å². The number of hydrogen-bond acceptors (Lipinski definition) is 5. The maximum absolute atomic E-state index is 12.5. The van der Waals surface area contributed by atoms with Gasteiger partial charge in [-0.1, -0.05) is 57.2 Å². The summed E-state index contributed by atoms with van der Waals surface area (Å²) < 4.78 is 1.64. The standard InChI is InChI=1S/C18H23N5OS/c1-11(2)13-6-5-7-14(12(3)4)17(13)20-15(24)8-9-16-22-23-10-19-21-18(23)25-16/h5-7,10-12H,8-9H2,1-4H3,(H,20,24). The maximum atomic E-state index is 12.5. The minimum Gasteiger partial charge on any atom is -0.326 e. The van der Waals surface area contributed by atoms with Crippen molar-refractivity contribution in [3.8, 4) is 0 Å². The number of amides is 1. The maximum Gasteiger partial charge on any atom is 0.234 e. The van der Waals surface area contributed by atoms with Gasteiger partial charge in [0.15, 0.2) is 0 Å². The van der Waals surface area contributed by atoms with E-state index in [0.29, 0.717) is 24.7 Å². The molecule has 132 valence electrons. The van der Waals surface area contributed by atoms with E-state index in [1.54, 1.807) is 10.8 Å². The lowest BCUT2D eigenvalue weighted by atomic mass is 9.92. The Morgan fingerprint density at radius 1 is 1.20 bits per heavy atom. The summed E-state index contributed by atoms with van der Waals surface area (Å²) in [5.41, 5.74) is 3.33. The number of aryl methyl sites for hydroxylation is 1. The van der Waals surface area contributed by atoms with Crippen molar-refractivity contribution < 1.29 is 4.79 Å². The molecule has 0 saturated heterocycles. The van der Waals surface area contributed by atoms with E-state index in [0.717, 1.165) is 15.7 Å². The van der Waals surface area contributed by atoms with E-state index >= 15 is 0 Å². The summed E-state index contributed by atoms with van der Waals surface area (Å²) in [6.45, 7) is 8.59. The summed E-state index contributed by atoms with van der Waals surface area (Å²) in [5.74, 6) is 0.724. The fourth-order valence-electron chi connectivity index (χ4n) is 2.82. The van der Waals surface area contributed by atoms with Gasteiger partial charge in [0.1, 0.15) is 11.3 Å². The average molecular weight is 357 g/mol. The zero-order valence-corrected chi connectivity index (χ0v) is 15.8. The molecule has 0 saturated carbocycles. The highest BCUT2D eigenvalue weighted by molar-refractivity contribution is 7.16. The molecule has 0 atom stereocenters. The summed E-state index contributed by atoms with van der Waals surface area (Å²) in [6, 6.07) is 6.25. The van der Waals surface area contributed by atoms with Crippen molar-refractivity contribution in [1.29, 1.82) is 0 Å². The molecule has 1 N–H and O–H groups in total. The summed E-state index contributed by atoms with van der Waals surface area (Å²) in [6.07, 6.45) is 2.57. The van der Waals surface area contributed by atoms with Crippen molar-refractivity contribution in [2.75, 3.05) is 5.32 Å². The van der Waals surface area contributed by atoms with Crippen LogP contribution in [0.5, 0.6) is 0 Å². The van der Waals surface area contributed by atoms with E-state index in [1.165, 1.54) is 22.5 Å². The number of fused-ring (bicyclic) bond motifs is 1. The highest BCUT2D eigenvalue weighted by atomic mass is 32.1. The molecule has 0 aliphatic heterocycles. The van der Waals surface area contributed by atoms with Gasteiger partial charge < -0.3 is 5.32 Å². The van der Waals surface area contributed by atoms with E-state index in [1.807, 2.05) is 0 Å². The van der Waals surface area contributed by atoms with Crippen LogP contribution in [0.15, 0.2) is 24.5 Å². The highest BCUT2D eigenvalue weighted by Crippen LogP contribution is 2.32. The Morgan fingerprint density at radius 2 is 1.88 bits per heavy atom. The van der Waals surface area contributed by atoms with E-state index < -0.39 is 0 Å². The molecular weight excluding hydrogens is 334 g/mol. The number of carbonyl (C=O) groups excluding carboxylic acids is 1. The molecule has 7 heteroatoms. The molecule has 0 fully saturated rings. The van der Waals surface area contributed by atoms with Crippen LogP contribution in [0.2, 0.25) is 0 Å². The first kappa shape index (κ1) is 17.5. The second kappa shape index (κ2) is 7.31. The number of anilines is 1. The zero-order valence-electron chi connectivity index (χ0n) is 15.0. The van der Waals surface area contributed by atoms with Crippen molar-refractivity contribution in [2.45, 2.75) is 52.4 Å². The van der Waals surface area contributed by atoms with Gasteiger partial charge in [0.2, 0.25) is 10.9 Å². The molecule has 1 aromatic carbocycles. The fourth-order valence-corrected chi connectivity index (χ4v) is 3.63. The first-order valence-electron chi connectivity index (χ1n) is 8.54. The molecule has 6 nitrogen and oxygen atoms in total. The van der Waals surface area contributed by atoms with E-state index in [-0.39, 0.29) is 5.91 Å². The predicted molar refractivity (Wildman–Crippen MR) is 100 cm³/mol. The smallest absolute Gasteiger partial charge is 0.234 e. The Kier molecular flexibility index (Phi) is 5.13. The van der Waals surface area contributed by atoms with Gasteiger partial charge in [-0.15, -0.1) is 10.2 Å². The molecule has 25 heavy (non-hydrogen) atoms. The fraction of sp³-hybridized carbons (Fsp3) is 0.444. The minimum atomic E-state index is 0.0148. The zero-order chi connectivity index (χ0) is 18.0. The lowest BCUT2D eigenvalue weighted by molar-refractivity contribution is -0.116. The largest absolute Gasteiger partial charge is 0.326 e. The van der Waals surface area contributed by atoms with Crippen LogP contribution in [-0.2, 0) is 11.2 Å². The van der Waals surface area contributed by atoms with Gasteiger partial charge in [-0.25, -0.2) is 0 Å². The molecule has 2 aromatic heterocycles. The second-order valence-corrected chi connectivity index (χ2v) is 7.76. The first-order chi connectivity index (χ1) is 12.0. The van der Waals surface area contributed by atoms with Crippen LogP contribution in [-0.4, -0.2) is 25.7 Å². The number of benzene rings is 1. The molecule has 3 rings (SSSR count). The van der Waals surface area contributed by atoms with Crippen molar-refractivity contribution in [3.63, 3.8) is 0 Å².